The molecule has 0 heterocycles. The Labute approximate surface area is 185 Å². The Morgan fingerprint density at radius 2 is 1.48 bits per heavy atom. The largest absolute Gasteiger partial charge is 0.493 e. The number of benzene rings is 3. The van der Waals surface area contributed by atoms with Crippen molar-refractivity contribution in [3.05, 3.63) is 96.6 Å². The molecular formula is C28H30O3. The maximum Gasteiger partial charge on any atom is 0.343 e. The smallest absolute Gasteiger partial charge is 0.343 e. The molecule has 0 amide bonds. The van der Waals surface area contributed by atoms with Crippen LogP contribution >= 0.6 is 0 Å². The molecule has 0 radical (unpaired) electrons. The molecular weight excluding hydrogens is 384 g/mol. The van der Waals surface area contributed by atoms with Gasteiger partial charge in [0.05, 0.1) is 12.2 Å². The Balaban J connectivity index is 1.59. The van der Waals surface area contributed by atoms with Crippen LogP contribution in [0.1, 0.15) is 42.6 Å². The molecule has 1 atom stereocenters. The summed E-state index contributed by atoms with van der Waals surface area (Å²) in [6, 6.07) is 23.2. The second-order valence-corrected chi connectivity index (χ2v) is 7.78. The maximum absolute atomic E-state index is 12.5. The van der Waals surface area contributed by atoms with E-state index in [1.54, 1.807) is 36.4 Å². The molecule has 0 saturated heterocycles. The van der Waals surface area contributed by atoms with Gasteiger partial charge in [-0.25, -0.2) is 4.79 Å². The molecule has 0 saturated carbocycles. The Morgan fingerprint density at radius 3 is 2.06 bits per heavy atom. The van der Waals surface area contributed by atoms with E-state index in [0.29, 0.717) is 23.8 Å². The number of hydrogen-bond acceptors (Lipinski definition) is 3. The number of hydrogen-bond donors (Lipinski definition) is 0. The summed E-state index contributed by atoms with van der Waals surface area (Å²) < 4.78 is 11.0. The molecule has 0 aliphatic carbocycles. The van der Waals surface area contributed by atoms with E-state index in [0.717, 1.165) is 29.7 Å². The first-order valence-electron chi connectivity index (χ1n) is 10.8. The van der Waals surface area contributed by atoms with Crippen molar-refractivity contribution >= 4 is 5.97 Å². The lowest BCUT2D eigenvalue weighted by Crippen LogP contribution is -2.08. The van der Waals surface area contributed by atoms with E-state index in [1.807, 2.05) is 18.2 Å². The van der Waals surface area contributed by atoms with Crippen LogP contribution in [0.5, 0.6) is 11.5 Å². The number of carbonyl (C=O) groups is 1. The molecule has 3 aromatic rings. The summed E-state index contributed by atoms with van der Waals surface area (Å²) in [6.07, 6.45) is 4.88. The molecule has 0 fully saturated rings. The maximum atomic E-state index is 12.5. The van der Waals surface area contributed by atoms with Gasteiger partial charge in [0.15, 0.2) is 0 Å². The van der Waals surface area contributed by atoms with Crippen LogP contribution in [0.15, 0.2) is 85.5 Å². The minimum absolute atomic E-state index is 0.379. The number of carbonyl (C=O) groups excluding carboxylic acids is 1. The zero-order valence-corrected chi connectivity index (χ0v) is 18.3. The van der Waals surface area contributed by atoms with E-state index < -0.39 is 0 Å². The van der Waals surface area contributed by atoms with E-state index in [9.17, 15) is 4.79 Å². The molecule has 0 aliphatic rings. The van der Waals surface area contributed by atoms with Crippen molar-refractivity contribution in [3.63, 3.8) is 0 Å². The summed E-state index contributed by atoms with van der Waals surface area (Å²) in [5.41, 5.74) is 4.09. The SMILES string of the molecule is C=CCCOc1ccc(OC(=O)c2ccc(-c3ccc(C[C@@H](C)CC)cc3)cc2)cc1. The quantitative estimate of drug-likeness (QED) is 0.153. The number of ether oxygens (including phenoxy) is 2. The molecule has 3 rings (SSSR count). The van der Waals surface area contributed by atoms with E-state index in [1.165, 1.54) is 12.0 Å². The highest BCUT2D eigenvalue weighted by Gasteiger charge is 2.10. The fourth-order valence-corrected chi connectivity index (χ4v) is 3.21. The third kappa shape index (κ3) is 6.58. The first-order valence-corrected chi connectivity index (χ1v) is 10.8. The van der Waals surface area contributed by atoms with Gasteiger partial charge in [-0.15, -0.1) is 6.58 Å². The lowest BCUT2D eigenvalue weighted by atomic mass is 9.96. The Morgan fingerprint density at radius 1 is 0.903 bits per heavy atom. The predicted molar refractivity (Wildman–Crippen MR) is 127 cm³/mol. The van der Waals surface area contributed by atoms with E-state index in [4.69, 9.17) is 9.47 Å². The average Bonchev–Trinajstić information content (AvgIpc) is 2.81. The van der Waals surface area contributed by atoms with Crippen LogP contribution in [-0.2, 0) is 6.42 Å². The molecule has 3 aromatic carbocycles. The van der Waals surface area contributed by atoms with E-state index in [-0.39, 0.29) is 5.97 Å². The van der Waals surface area contributed by atoms with Gasteiger partial charge in [0, 0.05) is 0 Å². The molecule has 0 bridgehead atoms. The molecule has 160 valence electrons. The van der Waals surface area contributed by atoms with Gasteiger partial charge in [-0.2, -0.15) is 0 Å². The van der Waals surface area contributed by atoms with Crippen molar-refractivity contribution in [3.8, 4) is 22.6 Å². The van der Waals surface area contributed by atoms with Gasteiger partial charge >= 0.3 is 5.97 Å². The Bertz CT molecular complexity index is 970. The molecule has 0 aliphatic heterocycles. The normalized spacial score (nSPS) is 11.5. The molecule has 0 spiro atoms. The second kappa shape index (κ2) is 11.2. The first kappa shape index (κ1) is 22.4. The van der Waals surface area contributed by atoms with Gasteiger partial charge < -0.3 is 9.47 Å². The summed E-state index contributed by atoms with van der Waals surface area (Å²) >= 11 is 0. The van der Waals surface area contributed by atoms with Gasteiger partial charge in [-0.05, 0) is 71.8 Å². The van der Waals surface area contributed by atoms with Crippen LogP contribution < -0.4 is 9.47 Å². The van der Waals surface area contributed by atoms with Gasteiger partial charge in [-0.3, -0.25) is 0 Å². The summed E-state index contributed by atoms with van der Waals surface area (Å²) in [6.45, 7) is 8.75. The lowest BCUT2D eigenvalue weighted by molar-refractivity contribution is 0.0734. The zero-order valence-electron chi connectivity index (χ0n) is 18.3. The zero-order chi connectivity index (χ0) is 22.1. The van der Waals surface area contributed by atoms with Crippen LogP contribution in [0.25, 0.3) is 11.1 Å². The highest BCUT2D eigenvalue weighted by atomic mass is 16.5. The fraction of sp³-hybridized carbons (Fsp3) is 0.250. The minimum Gasteiger partial charge on any atom is -0.493 e. The van der Waals surface area contributed by atoms with Gasteiger partial charge in [0.1, 0.15) is 11.5 Å². The molecule has 3 heteroatoms. The van der Waals surface area contributed by atoms with Crippen molar-refractivity contribution in [1.29, 1.82) is 0 Å². The molecule has 0 aromatic heterocycles. The van der Waals surface area contributed by atoms with Crippen LogP contribution in [0.2, 0.25) is 0 Å². The predicted octanol–water partition coefficient (Wildman–Crippen LogP) is 7.12. The highest BCUT2D eigenvalue weighted by Crippen LogP contribution is 2.23. The second-order valence-electron chi connectivity index (χ2n) is 7.78. The third-order valence-electron chi connectivity index (χ3n) is 5.31. The van der Waals surface area contributed by atoms with Crippen LogP contribution in [0.4, 0.5) is 0 Å². The van der Waals surface area contributed by atoms with Crippen molar-refractivity contribution in [1.82, 2.24) is 0 Å². The lowest BCUT2D eigenvalue weighted by Gasteiger charge is -2.10. The Kier molecular flexibility index (Phi) is 8.05. The molecule has 0 unspecified atom stereocenters. The molecule has 31 heavy (non-hydrogen) atoms. The summed E-state index contributed by atoms with van der Waals surface area (Å²) in [5, 5.41) is 0. The van der Waals surface area contributed by atoms with Gasteiger partial charge in [-0.1, -0.05) is 62.7 Å². The van der Waals surface area contributed by atoms with E-state index in [2.05, 4.69) is 44.7 Å². The van der Waals surface area contributed by atoms with Crippen LogP contribution in [0.3, 0.4) is 0 Å². The summed E-state index contributed by atoms with van der Waals surface area (Å²) in [4.78, 5) is 12.5. The fourth-order valence-electron chi connectivity index (χ4n) is 3.21. The minimum atomic E-state index is -0.379. The van der Waals surface area contributed by atoms with Gasteiger partial charge in [0.25, 0.3) is 0 Å². The molecule has 0 N–H and O–H groups in total. The topological polar surface area (TPSA) is 35.5 Å². The van der Waals surface area contributed by atoms with E-state index >= 15 is 0 Å². The third-order valence-corrected chi connectivity index (χ3v) is 5.31. The highest BCUT2D eigenvalue weighted by molar-refractivity contribution is 5.91. The Hall–Kier alpha value is -3.33. The van der Waals surface area contributed by atoms with Gasteiger partial charge in [0.2, 0.25) is 0 Å². The van der Waals surface area contributed by atoms with Crippen molar-refractivity contribution in [2.75, 3.05) is 6.61 Å². The number of esters is 1. The number of rotatable bonds is 10. The first-order chi connectivity index (χ1) is 15.1. The monoisotopic (exact) mass is 414 g/mol. The van der Waals surface area contributed by atoms with Crippen LogP contribution in [0, 0.1) is 5.92 Å². The summed E-state index contributed by atoms with van der Waals surface area (Å²) in [7, 11) is 0. The van der Waals surface area contributed by atoms with Crippen LogP contribution in [-0.4, -0.2) is 12.6 Å². The van der Waals surface area contributed by atoms with Crippen molar-refractivity contribution in [2.45, 2.75) is 33.1 Å². The average molecular weight is 415 g/mol. The standard InChI is InChI=1S/C28H30O3/c1-4-6-19-30-26-15-17-27(18-16-26)31-28(29)25-13-11-24(12-14-25)23-9-7-22(8-10-23)20-21(3)5-2/h4,7-18,21H,1,5-6,19-20H2,2-3H3/t21-/m0/s1. The van der Waals surface area contributed by atoms with Crippen molar-refractivity contribution in [2.24, 2.45) is 5.92 Å². The van der Waals surface area contributed by atoms with Crippen molar-refractivity contribution < 1.29 is 14.3 Å². The summed E-state index contributed by atoms with van der Waals surface area (Å²) in [5.74, 6) is 1.54. The molecule has 3 nitrogen and oxygen atoms in total.